The van der Waals surface area contributed by atoms with E-state index in [1.165, 1.54) is 31.2 Å². The first-order valence-electron chi connectivity index (χ1n) is 13.2. The van der Waals surface area contributed by atoms with E-state index in [-0.39, 0.29) is 50.2 Å². The fourth-order valence-electron chi connectivity index (χ4n) is 4.11. The zero-order valence-corrected chi connectivity index (χ0v) is 25.7. The summed E-state index contributed by atoms with van der Waals surface area (Å²) in [6.07, 6.45) is 0. The van der Waals surface area contributed by atoms with Crippen LogP contribution in [0.2, 0.25) is 0 Å². The molecule has 0 saturated heterocycles. The molecule has 0 aliphatic carbocycles. The first-order chi connectivity index (χ1) is 21.2. The second-order valence-corrected chi connectivity index (χ2v) is 10.6. The summed E-state index contributed by atoms with van der Waals surface area (Å²) >= 11 is 1.09. The van der Waals surface area contributed by atoms with Crippen LogP contribution in [0.5, 0.6) is 28.7 Å². The first kappa shape index (κ1) is 32.5. The molecule has 0 saturated carbocycles. The summed E-state index contributed by atoms with van der Waals surface area (Å²) in [7, 11) is 0. The van der Waals surface area contributed by atoms with Gasteiger partial charge in [0.25, 0.3) is 0 Å². The van der Waals surface area contributed by atoms with Gasteiger partial charge in [0.2, 0.25) is 11.2 Å². The summed E-state index contributed by atoms with van der Waals surface area (Å²) in [6.45, 7) is 7.53. The molecule has 0 unspecified atom stereocenters. The smallest absolute Gasteiger partial charge is 0.308 e. The predicted molar refractivity (Wildman–Crippen MR) is 160 cm³/mol. The topological polar surface area (TPSA) is 162 Å². The number of aryl methyl sites for hydroxylation is 1. The highest BCUT2D eigenvalue weighted by atomic mass is 32.2. The Kier molecular flexibility index (Phi) is 9.72. The number of hydrogen-bond donors (Lipinski definition) is 0. The fraction of sp³-hybridized carbons (Fsp3) is 0.188. The van der Waals surface area contributed by atoms with Crippen LogP contribution in [0.4, 0.5) is 0 Å². The van der Waals surface area contributed by atoms with Gasteiger partial charge in [0, 0.05) is 51.1 Å². The minimum Gasteiger partial charge on any atom is -0.450 e. The van der Waals surface area contributed by atoms with Gasteiger partial charge >= 0.3 is 29.8 Å². The highest BCUT2D eigenvalue weighted by Gasteiger charge is 2.28. The Morgan fingerprint density at radius 2 is 1.16 bits per heavy atom. The Morgan fingerprint density at radius 3 is 1.73 bits per heavy atom. The second-order valence-electron chi connectivity index (χ2n) is 9.54. The summed E-state index contributed by atoms with van der Waals surface area (Å²) in [6, 6.07) is 12.4. The molecule has 0 radical (unpaired) electrons. The lowest BCUT2D eigenvalue weighted by Crippen LogP contribution is -2.16. The Balaban J connectivity index is 2.14. The van der Waals surface area contributed by atoms with Crippen LogP contribution in [0.25, 0.3) is 22.3 Å². The van der Waals surface area contributed by atoms with Gasteiger partial charge in [-0.2, -0.15) is 0 Å². The van der Waals surface area contributed by atoms with E-state index in [0.29, 0.717) is 4.90 Å². The normalized spacial score (nSPS) is 10.6. The van der Waals surface area contributed by atoms with Crippen molar-refractivity contribution in [2.75, 3.05) is 0 Å². The van der Waals surface area contributed by atoms with Crippen molar-refractivity contribution in [3.63, 3.8) is 0 Å². The molecule has 45 heavy (non-hydrogen) atoms. The van der Waals surface area contributed by atoms with E-state index >= 15 is 0 Å². The largest absolute Gasteiger partial charge is 0.450 e. The zero-order chi connectivity index (χ0) is 33.0. The van der Waals surface area contributed by atoms with Crippen LogP contribution in [0, 0.1) is 6.92 Å². The van der Waals surface area contributed by atoms with E-state index in [0.717, 1.165) is 45.0 Å². The van der Waals surface area contributed by atoms with Crippen molar-refractivity contribution >= 4 is 52.6 Å². The Bertz CT molecular complexity index is 1920. The van der Waals surface area contributed by atoms with Crippen molar-refractivity contribution in [3.8, 4) is 40.1 Å². The fourth-order valence-corrected chi connectivity index (χ4v) is 5.05. The molecule has 12 nitrogen and oxygen atoms in total. The Hall–Kier alpha value is -5.43. The average Bonchev–Trinajstić information content (AvgIpc) is 2.92. The number of fused-ring (bicyclic) bond motifs is 1. The zero-order valence-electron chi connectivity index (χ0n) is 24.9. The number of hydrogen-bond acceptors (Lipinski definition) is 13. The van der Waals surface area contributed by atoms with Crippen LogP contribution in [-0.2, 0) is 24.0 Å². The molecule has 13 heteroatoms. The summed E-state index contributed by atoms with van der Waals surface area (Å²) in [4.78, 5) is 74.8. The molecule has 0 bridgehead atoms. The van der Waals surface area contributed by atoms with Gasteiger partial charge in [-0.1, -0.05) is 29.5 Å². The number of ether oxygens (including phenoxy) is 5. The third kappa shape index (κ3) is 7.75. The molecule has 0 aliphatic heterocycles. The molecule has 0 fully saturated rings. The van der Waals surface area contributed by atoms with Crippen molar-refractivity contribution in [2.45, 2.75) is 51.3 Å². The molecule has 1 heterocycles. The van der Waals surface area contributed by atoms with E-state index in [1.54, 1.807) is 12.1 Å². The lowest BCUT2D eigenvalue weighted by Gasteiger charge is -2.17. The SMILES string of the molecule is CC(=O)Oc1ccc(-c2oc3c(Sc4ccc(C)cc4)c(OC(C)=O)cc(OC(C)=O)c3c(=O)c2OC(C)=O)cc1OC(C)=O. The molecule has 0 atom stereocenters. The van der Waals surface area contributed by atoms with Gasteiger partial charge in [-0.3, -0.25) is 28.8 Å². The molecular formula is C32H26O12S. The average molecular weight is 635 g/mol. The maximum Gasteiger partial charge on any atom is 0.308 e. The highest BCUT2D eigenvalue weighted by Crippen LogP contribution is 2.47. The van der Waals surface area contributed by atoms with Crippen LogP contribution in [-0.4, -0.2) is 29.8 Å². The number of benzene rings is 3. The maximum atomic E-state index is 14.1. The monoisotopic (exact) mass is 634 g/mol. The summed E-state index contributed by atoms with van der Waals surface area (Å²) < 4.78 is 32.7. The third-order valence-corrected chi connectivity index (χ3v) is 6.82. The molecule has 0 spiro atoms. The third-order valence-electron chi connectivity index (χ3n) is 5.72. The van der Waals surface area contributed by atoms with Crippen LogP contribution in [0.1, 0.15) is 40.2 Å². The van der Waals surface area contributed by atoms with Gasteiger partial charge in [0.15, 0.2) is 28.6 Å². The first-order valence-corrected chi connectivity index (χ1v) is 14.0. The van der Waals surface area contributed by atoms with Crippen LogP contribution >= 0.6 is 11.8 Å². The summed E-state index contributed by atoms with van der Waals surface area (Å²) in [5, 5.41) is -0.285. The van der Waals surface area contributed by atoms with Gasteiger partial charge < -0.3 is 28.1 Å². The molecule has 4 rings (SSSR count). The summed E-state index contributed by atoms with van der Waals surface area (Å²) in [5.41, 5.74) is -0.0358. The molecule has 232 valence electrons. The maximum absolute atomic E-state index is 14.1. The van der Waals surface area contributed by atoms with E-state index in [2.05, 4.69) is 0 Å². The Labute approximate surface area is 260 Å². The van der Waals surface area contributed by atoms with Crippen molar-refractivity contribution < 1.29 is 52.1 Å². The lowest BCUT2D eigenvalue weighted by molar-refractivity contribution is -0.134. The molecule has 0 N–H and O–H groups in total. The van der Waals surface area contributed by atoms with E-state index in [4.69, 9.17) is 28.1 Å². The quantitative estimate of drug-likeness (QED) is 0.175. The number of rotatable bonds is 8. The minimum atomic E-state index is -0.907. The number of esters is 5. The molecule has 4 aromatic rings. The number of carbonyl (C=O) groups is 5. The van der Waals surface area contributed by atoms with E-state index in [1.807, 2.05) is 19.1 Å². The molecule has 3 aromatic carbocycles. The van der Waals surface area contributed by atoms with Crippen LogP contribution in [0.15, 0.2) is 67.5 Å². The Morgan fingerprint density at radius 1 is 0.622 bits per heavy atom. The minimum absolute atomic E-state index is 0.0654. The second kappa shape index (κ2) is 13.5. The van der Waals surface area contributed by atoms with Crippen LogP contribution in [0.3, 0.4) is 0 Å². The predicted octanol–water partition coefficient (Wildman–Crippen LogP) is 5.55. The number of carbonyl (C=O) groups excluding carboxylic acids is 5. The molecule has 0 aliphatic rings. The van der Waals surface area contributed by atoms with Gasteiger partial charge in [-0.05, 0) is 37.3 Å². The van der Waals surface area contributed by atoms with Crippen molar-refractivity contribution in [1.29, 1.82) is 0 Å². The standard InChI is InChI=1S/C32H26O12S/c1-15-7-10-22(11-8-15)45-32-26(42-19(5)36)14-25(41-18(4)35)27-28(38)31(43-20(6)37)29(44-30(27)32)21-9-12-23(39-16(2)33)24(13-21)40-17(3)34/h7-14H,1-6H3. The summed E-state index contributed by atoms with van der Waals surface area (Å²) in [5.74, 6) is -5.41. The van der Waals surface area contributed by atoms with Gasteiger partial charge in [0.1, 0.15) is 11.1 Å². The van der Waals surface area contributed by atoms with Crippen molar-refractivity contribution in [1.82, 2.24) is 0 Å². The van der Waals surface area contributed by atoms with Gasteiger partial charge in [-0.25, -0.2) is 0 Å². The molecule has 0 amide bonds. The van der Waals surface area contributed by atoms with Crippen LogP contribution < -0.4 is 29.1 Å². The van der Waals surface area contributed by atoms with E-state index in [9.17, 15) is 28.8 Å². The van der Waals surface area contributed by atoms with Gasteiger partial charge in [0.05, 0.1) is 4.90 Å². The molecular weight excluding hydrogens is 608 g/mol. The van der Waals surface area contributed by atoms with Gasteiger partial charge in [-0.15, -0.1) is 0 Å². The van der Waals surface area contributed by atoms with Crippen molar-refractivity contribution in [2.24, 2.45) is 0 Å². The lowest BCUT2D eigenvalue weighted by atomic mass is 10.1. The van der Waals surface area contributed by atoms with Crippen molar-refractivity contribution in [3.05, 3.63) is 64.3 Å². The van der Waals surface area contributed by atoms with E-state index < -0.39 is 41.0 Å². The molecule has 1 aromatic heterocycles. The highest BCUT2D eigenvalue weighted by molar-refractivity contribution is 7.99.